The van der Waals surface area contributed by atoms with Gasteiger partial charge in [-0.15, -0.1) is 0 Å². The van der Waals surface area contributed by atoms with E-state index < -0.39 is 0 Å². The summed E-state index contributed by atoms with van der Waals surface area (Å²) in [7, 11) is 1.75. The van der Waals surface area contributed by atoms with Gasteiger partial charge in [0.25, 0.3) is 0 Å². The van der Waals surface area contributed by atoms with E-state index in [2.05, 4.69) is 30.8 Å². The van der Waals surface area contributed by atoms with Crippen LogP contribution in [0.25, 0.3) is 11.1 Å². The molecule has 5 nitrogen and oxygen atoms in total. The number of ether oxygens (including phenoxy) is 4. The van der Waals surface area contributed by atoms with Gasteiger partial charge in [-0.05, 0) is 80.3 Å². The first-order chi connectivity index (χ1) is 16.2. The zero-order valence-electron chi connectivity index (χ0n) is 19.9. The zero-order valence-corrected chi connectivity index (χ0v) is 19.9. The maximum absolute atomic E-state index is 10.9. The highest BCUT2D eigenvalue weighted by Crippen LogP contribution is 2.25. The highest BCUT2D eigenvalue weighted by molar-refractivity contribution is 5.81. The highest BCUT2D eigenvalue weighted by Gasteiger charge is 2.01. The van der Waals surface area contributed by atoms with Crippen molar-refractivity contribution in [1.82, 2.24) is 0 Å². The van der Waals surface area contributed by atoms with Gasteiger partial charge >= 0.3 is 5.97 Å². The molecule has 0 fully saturated rings. The first-order valence-corrected chi connectivity index (χ1v) is 12.0. The average Bonchev–Trinajstić information content (AvgIpc) is 2.85. The topological polar surface area (TPSA) is 54.0 Å². The second-order valence-corrected chi connectivity index (χ2v) is 7.94. The van der Waals surface area contributed by atoms with Gasteiger partial charge < -0.3 is 18.9 Å². The van der Waals surface area contributed by atoms with E-state index >= 15 is 0 Å². The Hall–Kier alpha value is -2.79. The molecular formula is C28H38O5. The largest absolute Gasteiger partial charge is 0.494 e. The minimum Gasteiger partial charge on any atom is -0.494 e. The number of esters is 1. The van der Waals surface area contributed by atoms with Crippen LogP contribution in [0.15, 0.2) is 61.2 Å². The lowest BCUT2D eigenvalue weighted by molar-refractivity contribution is -0.137. The van der Waals surface area contributed by atoms with Gasteiger partial charge in [-0.1, -0.05) is 37.3 Å². The smallest absolute Gasteiger partial charge is 0.330 e. The number of rotatable bonds is 18. The lowest BCUT2D eigenvalue weighted by Crippen LogP contribution is -2.02. The Balaban J connectivity index is 1.61. The van der Waals surface area contributed by atoms with E-state index in [1.54, 1.807) is 7.11 Å². The molecule has 0 N–H and O–H groups in total. The molecule has 0 saturated carbocycles. The fourth-order valence-corrected chi connectivity index (χ4v) is 3.36. The predicted molar refractivity (Wildman–Crippen MR) is 133 cm³/mol. The zero-order chi connectivity index (χ0) is 23.6. The molecule has 0 aliphatic rings. The third-order valence-electron chi connectivity index (χ3n) is 5.27. The molecule has 0 aromatic heterocycles. The number of carbonyl (C=O) groups is 1. The molecule has 2 aromatic rings. The van der Waals surface area contributed by atoms with Gasteiger partial charge in [0.1, 0.15) is 11.5 Å². The summed E-state index contributed by atoms with van der Waals surface area (Å²) in [6.07, 6.45) is 9.64. The Morgan fingerprint density at radius 3 is 1.52 bits per heavy atom. The lowest BCUT2D eigenvalue weighted by atomic mass is 10.1. The highest BCUT2D eigenvalue weighted by atomic mass is 16.5. The Morgan fingerprint density at radius 2 is 1.09 bits per heavy atom. The van der Waals surface area contributed by atoms with Crippen molar-refractivity contribution < 1.29 is 23.7 Å². The van der Waals surface area contributed by atoms with E-state index in [4.69, 9.17) is 18.9 Å². The van der Waals surface area contributed by atoms with Gasteiger partial charge in [-0.25, -0.2) is 4.79 Å². The van der Waals surface area contributed by atoms with Crippen LogP contribution < -0.4 is 9.47 Å². The van der Waals surface area contributed by atoms with E-state index in [1.165, 1.54) is 18.9 Å². The normalized spacial score (nSPS) is 10.6. The maximum Gasteiger partial charge on any atom is 0.330 e. The second-order valence-electron chi connectivity index (χ2n) is 7.94. The number of hydrogen-bond acceptors (Lipinski definition) is 5. The Labute approximate surface area is 198 Å². The second kappa shape index (κ2) is 16.8. The fourth-order valence-electron chi connectivity index (χ4n) is 3.36. The number of benzene rings is 2. The first-order valence-electron chi connectivity index (χ1n) is 12.0. The van der Waals surface area contributed by atoms with Crippen LogP contribution in [0.5, 0.6) is 11.5 Å². The van der Waals surface area contributed by atoms with Gasteiger partial charge in [0.2, 0.25) is 0 Å². The van der Waals surface area contributed by atoms with Crippen molar-refractivity contribution in [1.29, 1.82) is 0 Å². The molecule has 180 valence electrons. The number of hydrogen-bond donors (Lipinski definition) is 0. The van der Waals surface area contributed by atoms with Gasteiger partial charge in [-0.3, -0.25) is 0 Å². The minimum absolute atomic E-state index is 0.355. The van der Waals surface area contributed by atoms with Crippen molar-refractivity contribution in [2.45, 2.75) is 51.4 Å². The molecule has 0 bridgehead atoms. The third kappa shape index (κ3) is 11.6. The number of unbranched alkanes of at least 4 members (excludes halogenated alkanes) is 6. The molecule has 5 heteroatoms. The van der Waals surface area contributed by atoms with Crippen molar-refractivity contribution in [2.24, 2.45) is 0 Å². The molecule has 0 heterocycles. The lowest BCUT2D eigenvalue weighted by Gasteiger charge is -2.09. The van der Waals surface area contributed by atoms with Gasteiger partial charge in [0.15, 0.2) is 0 Å². The number of methoxy groups -OCH3 is 1. The van der Waals surface area contributed by atoms with E-state index in [0.29, 0.717) is 13.2 Å². The molecule has 0 unspecified atom stereocenters. The summed E-state index contributed by atoms with van der Waals surface area (Å²) < 4.78 is 21.7. The Morgan fingerprint density at radius 1 is 0.667 bits per heavy atom. The quantitative estimate of drug-likeness (QED) is 0.144. The van der Waals surface area contributed by atoms with Crippen LogP contribution in [-0.4, -0.2) is 39.5 Å². The molecule has 0 spiro atoms. The SMILES string of the molecule is C=CC(=O)OCCCCCCOc1ccc(-c2ccc(OCCCCCCOC)cc2)cc1. The third-order valence-corrected chi connectivity index (χ3v) is 5.27. The first kappa shape index (κ1) is 26.5. The van der Waals surface area contributed by atoms with E-state index in [-0.39, 0.29) is 5.97 Å². The fraction of sp³-hybridized carbons (Fsp3) is 0.464. The number of carbonyl (C=O) groups excluding carboxylic acids is 1. The standard InChI is InChI=1S/C28H38O5/c1-3-28(29)33-23-11-7-6-10-22-32-27-18-14-25(15-19-27)24-12-16-26(17-13-24)31-21-9-5-4-8-20-30-2/h3,12-19H,1,4-11,20-23H2,2H3. The molecule has 2 rings (SSSR count). The maximum atomic E-state index is 10.9. The predicted octanol–water partition coefficient (Wildman–Crippen LogP) is 6.61. The van der Waals surface area contributed by atoms with Gasteiger partial charge in [-0.2, -0.15) is 0 Å². The monoisotopic (exact) mass is 454 g/mol. The van der Waals surface area contributed by atoms with Crippen molar-refractivity contribution >= 4 is 5.97 Å². The van der Waals surface area contributed by atoms with Crippen molar-refractivity contribution in [3.63, 3.8) is 0 Å². The Kier molecular flexibility index (Phi) is 13.5. The summed E-state index contributed by atoms with van der Waals surface area (Å²) in [5, 5.41) is 0. The van der Waals surface area contributed by atoms with Crippen LogP contribution in [0, 0.1) is 0 Å². The summed E-state index contributed by atoms with van der Waals surface area (Å²) in [4.78, 5) is 10.9. The van der Waals surface area contributed by atoms with Crippen molar-refractivity contribution in [3.05, 3.63) is 61.2 Å². The van der Waals surface area contributed by atoms with E-state index in [1.807, 2.05) is 24.3 Å². The van der Waals surface area contributed by atoms with Gasteiger partial charge in [0.05, 0.1) is 19.8 Å². The van der Waals surface area contributed by atoms with Crippen molar-refractivity contribution in [3.8, 4) is 22.6 Å². The molecular weight excluding hydrogens is 416 g/mol. The van der Waals surface area contributed by atoms with Crippen LogP contribution in [0.4, 0.5) is 0 Å². The molecule has 0 radical (unpaired) electrons. The van der Waals surface area contributed by atoms with Gasteiger partial charge in [0, 0.05) is 19.8 Å². The average molecular weight is 455 g/mol. The van der Waals surface area contributed by atoms with Crippen LogP contribution in [0.2, 0.25) is 0 Å². The van der Waals surface area contributed by atoms with E-state index in [0.717, 1.165) is 74.4 Å². The summed E-state index contributed by atoms with van der Waals surface area (Å²) in [6, 6.07) is 16.4. The minimum atomic E-state index is -0.355. The molecule has 33 heavy (non-hydrogen) atoms. The summed E-state index contributed by atoms with van der Waals surface area (Å²) >= 11 is 0. The van der Waals surface area contributed by atoms with E-state index in [9.17, 15) is 4.79 Å². The summed E-state index contributed by atoms with van der Waals surface area (Å²) in [5.41, 5.74) is 2.31. The molecule has 0 saturated heterocycles. The van der Waals surface area contributed by atoms with Crippen LogP contribution in [0.1, 0.15) is 51.4 Å². The molecule has 0 amide bonds. The molecule has 0 aliphatic carbocycles. The van der Waals surface area contributed by atoms with Crippen LogP contribution >= 0.6 is 0 Å². The molecule has 0 aliphatic heterocycles. The Bertz CT molecular complexity index is 783. The van der Waals surface area contributed by atoms with Crippen LogP contribution in [0.3, 0.4) is 0 Å². The summed E-state index contributed by atoms with van der Waals surface area (Å²) in [6.45, 7) is 6.11. The van der Waals surface area contributed by atoms with Crippen molar-refractivity contribution in [2.75, 3.05) is 33.5 Å². The molecule has 2 aromatic carbocycles. The molecule has 0 atom stereocenters. The summed E-state index contributed by atoms with van der Waals surface area (Å²) in [5.74, 6) is 1.43. The van der Waals surface area contributed by atoms with Crippen LogP contribution in [-0.2, 0) is 14.3 Å².